The maximum Gasteiger partial charge on any atom is 0.257 e. The molecule has 1 aromatic heterocycles. The maximum absolute atomic E-state index is 12.8. The molecule has 156 valence electrons. The monoisotopic (exact) mass is 404 g/mol. The topological polar surface area (TPSA) is 71.3 Å². The van der Waals surface area contributed by atoms with Crippen molar-refractivity contribution in [2.75, 3.05) is 18.4 Å². The van der Waals surface area contributed by atoms with Gasteiger partial charge in [0, 0.05) is 17.8 Å². The highest BCUT2D eigenvalue weighted by Gasteiger charge is 2.27. The second-order valence-electron chi connectivity index (χ2n) is 8.32. The number of amides is 1. The first-order valence-corrected chi connectivity index (χ1v) is 10.5. The fraction of sp³-hybridized carbons (Fsp3) is 0.375. The van der Waals surface area contributed by atoms with Gasteiger partial charge in [-0.05, 0) is 75.5 Å². The Labute approximate surface area is 177 Å². The summed E-state index contributed by atoms with van der Waals surface area (Å²) in [5.41, 5.74) is 5.28. The molecule has 0 unspecified atom stereocenters. The highest BCUT2D eigenvalue weighted by atomic mass is 16.5. The third kappa shape index (κ3) is 4.94. The SMILES string of the molecule is Cc1ccc(-c2nc(CN3CCC[C@@H](C(=O)Nc4cc(C)cc(C)c4)C3)no2)cc1. The number of hydrogen-bond acceptors (Lipinski definition) is 5. The lowest BCUT2D eigenvalue weighted by Crippen LogP contribution is -2.40. The molecule has 0 aliphatic carbocycles. The maximum atomic E-state index is 12.8. The molecule has 0 bridgehead atoms. The molecule has 6 nitrogen and oxygen atoms in total. The average Bonchev–Trinajstić information content (AvgIpc) is 3.16. The van der Waals surface area contributed by atoms with Crippen molar-refractivity contribution >= 4 is 11.6 Å². The number of aromatic nitrogens is 2. The number of benzene rings is 2. The third-order valence-electron chi connectivity index (χ3n) is 5.50. The van der Waals surface area contributed by atoms with Crippen molar-refractivity contribution in [2.24, 2.45) is 5.92 Å². The van der Waals surface area contributed by atoms with Gasteiger partial charge in [0.15, 0.2) is 5.82 Å². The van der Waals surface area contributed by atoms with Gasteiger partial charge in [-0.3, -0.25) is 9.69 Å². The second-order valence-corrected chi connectivity index (χ2v) is 8.32. The van der Waals surface area contributed by atoms with Gasteiger partial charge in [-0.1, -0.05) is 28.9 Å². The lowest BCUT2D eigenvalue weighted by molar-refractivity contribution is -0.121. The summed E-state index contributed by atoms with van der Waals surface area (Å²) < 4.78 is 5.44. The summed E-state index contributed by atoms with van der Waals surface area (Å²) in [5.74, 6) is 1.23. The zero-order valence-corrected chi connectivity index (χ0v) is 17.8. The third-order valence-corrected chi connectivity index (χ3v) is 5.50. The lowest BCUT2D eigenvalue weighted by Gasteiger charge is -2.31. The van der Waals surface area contributed by atoms with Crippen LogP contribution in [0.15, 0.2) is 47.0 Å². The first-order chi connectivity index (χ1) is 14.5. The molecule has 3 aromatic rings. The smallest absolute Gasteiger partial charge is 0.257 e. The predicted octanol–water partition coefficient (Wildman–Crippen LogP) is 4.51. The van der Waals surface area contributed by atoms with E-state index in [-0.39, 0.29) is 11.8 Å². The van der Waals surface area contributed by atoms with Gasteiger partial charge in [-0.15, -0.1) is 0 Å². The highest BCUT2D eigenvalue weighted by molar-refractivity contribution is 5.93. The molecular weight excluding hydrogens is 376 g/mol. The van der Waals surface area contributed by atoms with Crippen LogP contribution in [-0.4, -0.2) is 34.0 Å². The van der Waals surface area contributed by atoms with Crippen LogP contribution in [0.3, 0.4) is 0 Å². The van der Waals surface area contributed by atoms with Crippen LogP contribution >= 0.6 is 0 Å². The Balaban J connectivity index is 1.37. The van der Waals surface area contributed by atoms with E-state index in [9.17, 15) is 4.79 Å². The number of likely N-dealkylation sites (tertiary alicyclic amines) is 1. The van der Waals surface area contributed by atoms with Gasteiger partial charge in [0.25, 0.3) is 5.89 Å². The molecule has 1 amide bonds. The first kappa shape index (κ1) is 20.3. The van der Waals surface area contributed by atoms with Crippen molar-refractivity contribution in [1.29, 1.82) is 0 Å². The molecule has 1 fully saturated rings. The van der Waals surface area contributed by atoms with Crippen molar-refractivity contribution < 1.29 is 9.32 Å². The van der Waals surface area contributed by atoms with Crippen LogP contribution in [0.25, 0.3) is 11.5 Å². The predicted molar refractivity (Wildman–Crippen MR) is 117 cm³/mol. The zero-order valence-electron chi connectivity index (χ0n) is 17.8. The van der Waals surface area contributed by atoms with E-state index >= 15 is 0 Å². The zero-order chi connectivity index (χ0) is 21.1. The quantitative estimate of drug-likeness (QED) is 0.677. The Hall–Kier alpha value is -2.99. The fourth-order valence-corrected chi connectivity index (χ4v) is 4.04. The molecule has 1 saturated heterocycles. The van der Waals surface area contributed by atoms with Crippen molar-refractivity contribution in [1.82, 2.24) is 15.0 Å². The van der Waals surface area contributed by atoms with E-state index in [1.165, 1.54) is 5.56 Å². The van der Waals surface area contributed by atoms with Gasteiger partial charge >= 0.3 is 0 Å². The summed E-state index contributed by atoms with van der Waals surface area (Å²) in [6.45, 7) is 8.35. The minimum absolute atomic E-state index is 0.0389. The number of rotatable bonds is 5. The summed E-state index contributed by atoms with van der Waals surface area (Å²) in [4.78, 5) is 19.6. The van der Waals surface area contributed by atoms with E-state index in [1.807, 2.05) is 57.2 Å². The summed E-state index contributed by atoms with van der Waals surface area (Å²) in [7, 11) is 0. The molecular formula is C24H28N4O2. The average molecular weight is 405 g/mol. The van der Waals surface area contributed by atoms with Crippen molar-refractivity contribution in [3.63, 3.8) is 0 Å². The van der Waals surface area contributed by atoms with Crippen LogP contribution in [-0.2, 0) is 11.3 Å². The molecule has 1 atom stereocenters. The van der Waals surface area contributed by atoms with Crippen LogP contribution in [0.1, 0.15) is 35.4 Å². The van der Waals surface area contributed by atoms with Crippen molar-refractivity contribution in [2.45, 2.75) is 40.2 Å². The largest absolute Gasteiger partial charge is 0.334 e. The number of nitrogens with one attached hydrogen (secondary N) is 1. The summed E-state index contributed by atoms with van der Waals surface area (Å²) >= 11 is 0. The lowest BCUT2D eigenvalue weighted by atomic mass is 9.97. The van der Waals surface area contributed by atoms with Crippen LogP contribution in [0.4, 0.5) is 5.69 Å². The number of nitrogens with zero attached hydrogens (tertiary/aromatic N) is 3. The Morgan fingerprint density at radius 1 is 1.10 bits per heavy atom. The molecule has 1 aliphatic heterocycles. The van der Waals surface area contributed by atoms with Crippen molar-refractivity contribution in [3.8, 4) is 11.5 Å². The van der Waals surface area contributed by atoms with E-state index < -0.39 is 0 Å². The number of carbonyl (C=O) groups excluding carboxylic acids is 1. The van der Waals surface area contributed by atoms with E-state index in [1.54, 1.807) is 0 Å². The molecule has 0 spiro atoms. The second kappa shape index (κ2) is 8.79. The molecule has 4 rings (SSSR count). The van der Waals surface area contributed by atoms with E-state index in [0.29, 0.717) is 24.8 Å². The Morgan fingerprint density at radius 3 is 2.57 bits per heavy atom. The van der Waals surface area contributed by atoms with E-state index in [4.69, 9.17) is 4.52 Å². The number of hydrogen-bond donors (Lipinski definition) is 1. The fourth-order valence-electron chi connectivity index (χ4n) is 4.04. The van der Waals surface area contributed by atoms with Gasteiger partial charge in [-0.2, -0.15) is 4.98 Å². The molecule has 2 aromatic carbocycles. The molecule has 6 heteroatoms. The van der Waals surface area contributed by atoms with E-state index in [0.717, 1.165) is 41.8 Å². The minimum atomic E-state index is -0.0389. The number of anilines is 1. The normalized spacial score (nSPS) is 17.1. The molecule has 30 heavy (non-hydrogen) atoms. The summed E-state index contributed by atoms with van der Waals surface area (Å²) in [6.07, 6.45) is 1.88. The first-order valence-electron chi connectivity index (χ1n) is 10.5. The Bertz CT molecular complexity index is 1010. The summed E-state index contributed by atoms with van der Waals surface area (Å²) in [5, 5.41) is 7.23. The van der Waals surface area contributed by atoms with Gasteiger partial charge in [0.05, 0.1) is 12.5 Å². The van der Waals surface area contributed by atoms with Crippen molar-refractivity contribution in [3.05, 3.63) is 65.0 Å². The van der Waals surface area contributed by atoms with Crippen LogP contribution in [0.5, 0.6) is 0 Å². The Kier molecular flexibility index (Phi) is 5.95. The number of piperidine rings is 1. The Morgan fingerprint density at radius 2 is 1.83 bits per heavy atom. The molecule has 0 radical (unpaired) electrons. The van der Waals surface area contributed by atoms with Crippen LogP contribution < -0.4 is 5.32 Å². The highest BCUT2D eigenvalue weighted by Crippen LogP contribution is 2.22. The number of carbonyl (C=O) groups is 1. The van der Waals surface area contributed by atoms with Crippen LogP contribution in [0.2, 0.25) is 0 Å². The van der Waals surface area contributed by atoms with Gasteiger partial charge < -0.3 is 9.84 Å². The molecule has 2 heterocycles. The van der Waals surface area contributed by atoms with Gasteiger partial charge in [-0.25, -0.2) is 0 Å². The standard InChI is InChI=1S/C24H28N4O2/c1-16-6-8-19(9-7-16)24-26-22(27-30-24)15-28-10-4-5-20(14-28)23(29)25-21-12-17(2)11-18(3)13-21/h6-9,11-13,20H,4-5,10,14-15H2,1-3H3,(H,25,29)/t20-/m1/s1. The molecule has 0 saturated carbocycles. The van der Waals surface area contributed by atoms with E-state index in [2.05, 4.69) is 26.4 Å². The minimum Gasteiger partial charge on any atom is -0.334 e. The summed E-state index contributed by atoms with van der Waals surface area (Å²) in [6, 6.07) is 14.2. The number of aryl methyl sites for hydroxylation is 3. The molecule has 1 N–H and O–H groups in total. The van der Waals surface area contributed by atoms with Gasteiger partial charge in [0.1, 0.15) is 0 Å². The molecule has 1 aliphatic rings. The van der Waals surface area contributed by atoms with Gasteiger partial charge in [0.2, 0.25) is 5.91 Å². The van der Waals surface area contributed by atoms with Crippen LogP contribution in [0, 0.1) is 26.7 Å².